The van der Waals surface area contributed by atoms with Crippen LogP contribution >= 0.6 is 11.6 Å². The number of aromatic nitrogens is 3. The molecule has 0 aliphatic rings. The van der Waals surface area contributed by atoms with Crippen LogP contribution in [0.5, 0.6) is 11.5 Å². The van der Waals surface area contributed by atoms with Crippen LogP contribution in [0.25, 0.3) is 0 Å². The molecule has 0 aliphatic carbocycles. The minimum Gasteiger partial charge on any atom is -0.457 e. The van der Waals surface area contributed by atoms with Crippen LogP contribution in [0, 0.1) is 5.92 Å². The third-order valence-electron chi connectivity index (χ3n) is 4.48. The van der Waals surface area contributed by atoms with Gasteiger partial charge in [0.25, 0.3) is 0 Å². The Morgan fingerprint density at radius 3 is 2.45 bits per heavy atom. The summed E-state index contributed by atoms with van der Waals surface area (Å²) < 4.78 is 47.8. The molecule has 9 heteroatoms. The van der Waals surface area contributed by atoms with Crippen LogP contribution in [-0.4, -0.2) is 26.0 Å². The zero-order valence-corrected chi connectivity index (χ0v) is 16.2. The highest BCUT2D eigenvalue weighted by Gasteiger charge is 2.34. The molecule has 3 aromatic rings. The zero-order valence-electron chi connectivity index (χ0n) is 15.5. The Bertz CT molecular complexity index is 931. The zero-order chi connectivity index (χ0) is 21.0. The molecule has 0 saturated carbocycles. The van der Waals surface area contributed by atoms with Crippen molar-refractivity contribution in [3.8, 4) is 11.5 Å². The molecular weight excluding hydrogens is 407 g/mol. The Labute approximate surface area is 170 Å². The molecule has 0 bridgehead atoms. The van der Waals surface area contributed by atoms with Crippen LogP contribution < -0.4 is 4.74 Å². The van der Waals surface area contributed by atoms with E-state index >= 15 is 0 Å². The Balaban J connectivity index is 1.77. The molecule has 0 amide bonds. The first kappa shape index (κ1) is 21.1. The third-order valence-corrected chi connectivity index (χ3v) is 4.73. The first-order valence-electron chi connectivity index (χ1n) is 8.86. The molecule has 1 heterocycles. The van der Waals surface area contributed by atoms with Gasteiger partial charge >= 0.3 is 6.18 Å². The second kappa shape index (κ2) is 8.84. The Kier molecular flexibility index (Phi) is 6.44. The molecule has 0 aliphatic heterocycles. The van der Waals surface area contributed by atoms with Crippen molar-refractivity contribution in [2.75, 3.05) is 0 Å². The van der Waals surface area contributed by atoms with Crippen molar-refractivity contribution in [2.45, 2.75) is 32.2 Å². The number of hydrogen-bond donors (Lipinski definition) is 1. The molecule has 2 aromatic carbocycles. The van der Waals surface area contributed by atoms with Gasteiger partial charge in [-0.3, -0.25) is 4.68 Å². The first-order valence-corrected chi connectivity index (χ1v) is 9.24. The van der Waals surface area contributed by atoms with Gasteiger partial charge in [0.1, 0.15) is 24.2 Å². The fourth-order valence-electron chi connectivity index (χ4n) is 2.88. The highest BCUT2D eigenvalue weighted by molar-refractivity contribution is 6.30. The standard InChI is InChI=1S/C20H19ClF3N3O2/c1-13(19(28)10-27-12-25-11-26-27)8-14-2-5-17(9-18(14)20(22,23)24)29-16-6-3-15(21)4-7-16/h2-7,9,11-13,19,28H,8,10H2,1H3. The molecule has 29 heavy (non-hydrogen) atoms. The van der Waals surface area contributed by atoms with Crippen LogP contribution in [0.2, 0.25) is 5.02 Å². The summed E-state index contributed by atoms with van der Waals surface area (Å²) in [6, 6.07) is 10.2. The van der Waals surface area contributed by atoms with Crippen molar-refractivity contribution >= 4 is 11.6 Å². The van der Waals surface area contributed by atoms with E-state index in [9.17, 15) is 18.3 Å². The number of rotatable bonds is 7. The average molecular weight is 426 g/mol. The van der Waals surface area contributed by atoms with Crippen molar-refractivity contribution in [1.29, 1.82) is 0 Å². The number of ether oxygens (including phenoxy) is 1. The molecule has 0 fully saturated rings. The third kappa shape index (κ3) is 5.71. The van der Waals surface area contributed by atoms with Gasteiger partial charge in [0.2, 0.25) is 0 Å². The summed E-state index contributed by atoms with van der Waals surface area (Å²) in [6.07, 6.45) is -2.60. The first-order chi connectivity index (χ1) is 13.7. The van der Waals surface area contributed by atoms with Gasteiger partial charge in [-0.25, -0.2) is 4.98 Å². The number of benzene rings is 2. The van der Waals surface area contributed by atoms with Gasteiger partial charge < -0.3 is 9.84 Å². The van der Waals surface area contributed by atoms with E-state index in [4.69, 9.17) is 16.3 Å². The molecule has 0 saturated heterocycles. The van der Waals surface area contributed by atoms with Gasteiger partial charge in [0.15, 0.2) is 0 Å². The van der Waals surface area contributed by atoms with Gasteiger partial charge in [-0.05, 0) is 54.3 Å². The second-order valence-corrected chi connectivity index (χ2v) is 7.18. The number of alkyl halides is 3. The molecule has 1 N–H and O–H groups in total. The molecule has 2 atom stereocenters. The monoisotopic (exact) mass is 425 g/mol. The van der Waals surface area contributed by atoms with E-state index in [2.05, 4.69) is 10.1 Å². The molecule has 154 valence electrons. The SMILES string of the molecule is CC(Cc1ccc(Oc2ccc(Cl)cc2)cc1C(F)(F)F)C(O)Cn1cncn1. The Morgan fingerprint density at radius 1 is 1.14 bits per heavy atom. The van der Waals surface area contributed by atoms with E-state index < -0.39 is 23.8 Å². The lowest BCUT2D eigenvalue weighted by Gasteiger charge is -2.21. The quantitative estimate of drug-likeness (QED) is 0.579. The molecular formula is C20H19ClF3N3O2. The predicted octanol–water partition coefficient (Wildman–Crippen LogP) is 4.98. The van der Waals surface area contributed by atoms with Crippen molar-refractivity contribution in [3.05, 3.63) is 71.3 Å². The van der Waals surface area contributed by atoms with Crippen molar-refractivity contribution in [1.82, 2.24) is 14.8 Å². The largest absolute Gasteiger partial charge is 0.457 e. The van der Waals surface area contributed by atoms with Crippen LogP contribution in [0.1, 0.15) is 18.1 Å². The molecule has 2 unspecified atom stereocenters. The fraction of sp³-hybridized carbons (Fsp3) is 0.300. The Morgan fingerprint density at radius 2 is 1.83 bits per heavy atom. The summed E-state index contributed by atoms with van der Waals surface area (Å²) >= 11 is 5.81. The summed E-state index contributed by atoms with van der Waals surface area (Å²) in [5.74, 6) is 0.0226. The van der Waals surface area contributed by atoms with Crippen molar-refractivity contribution in [2.24, 2.45) is 5.92 Å². The maximum atomic E-state index is 13.6. The maximum absolute atomic E-state index is 13.6. The van der Waals surface area contributed by atoms with Gasteiger partial charge in [0, 0.05) is 5.02 Å². The lowest BCUT2D eigenvalue weighted by molar-refractivity contribution is -0.138. The topological polar surface area (TPSA) is 60.2 Å². The van der Waals surface area contributed by atoms with Crippen molar-refractivity contribution < 1.29 is 23.0 Å². The van der Waals surface area contributed by atoms with E-state index in [0.29, 0.717) is 10.8 Å². The highest BCUT2D eigenvalue weighted by atomic mass is 35.5. The molecule has 5 nitrogen and oxygen atoms in total. The molecule has 1 aromatic heterocycles. The summed E-state index contributed by atoms with van der Waals surface area (Å²) in [5.41, 5.74) is -0.699. The molecule has 0 radical (unpaired) electrons. The smallest absolute Gasteiger partial charge is 0.416 e. The molecule has 3 rings (SSSR count). The second-order valence-electron chi connectivity index (χ2n) is 6.74. The minimum absolute atomic E-state index is 0.0476. The number of aliphatic hydroxyl groups is 1. The van der Waals surface area contributed by atoms with E-state index in [1.54, 1.807) is 31.2 Å². The van der Waals surface area contributed by atoms with E-state index in [1.807, 2.05) is 0 Å². The van der Waals surface area contributed by atoms with Crippen LogP contribution in [0.3, 0.4) is 0 Å². The summed E-state index contributed by atoms with van der Waals surface area (Å²) in [7, 11) is 0. The van der Waals surface area contributed by atoms with Gasteiger partial charge in [-0.1, -0.05) is 24.6 Å². The van der Waals surface area contributed by atoms with Gasteiger partial charge in [0.05, 0.1) is 18.2 Å². The minimum atomic E-state index is -4.55. The van der Waals surface area contributed by atoms with Gasteiger partial charge in [-0.2, -0.15) is 18.3 Å². The van der Waals surface area contributed by atoms with Crippen molar-refractivity contribution in [3.63, 3.8) is 0 Å². The summed E-state index contributed by atoms with van der Waals surface area (Å²) in [6.45, 7) is 1.85. The maximum Gasteiger partial charge on any atom is 0.416 e. The summed E-state index contributed by atoms with van der Waals surface area (Å²) in [5, 5.41) is 14.7. The fourth-order valence-corrected chi connectivity index (χ4v) is 3.01. The average Bonchev–Trinajstić information content (AvgIpc) is 3.17. The number of nitrogens with zero attached hydrogens (tertiary/aromatic N) is 3. The van der Waals surface area contributed by atoms with Gasteiger partial charge in [-0.15, -0.1) is 0 Å². The number of hydrogen-bond acceptors (Lipinski definition) is 4. The molecule has 0 spiro atoms. The lowest BCUT2D eigenvalue weighted by Crippen LogP contribution is -2.26. The predicted molar refractivity (Wildman–Crippen MR) is 102 cm³/mol. The van der Waals surface area contributed by atoms with Crippen LogP contribution in [0.4, 0.5) is 13.2 Å². The lowest BCUT2D eigenvalue weighted by atomic mass is 9.92. The van der Waals surface area contributed by atoms with Crippen LogP contribution in [0.15, 0.2) is 55.1 Å². The van der Waals surface area contributed by atoms with E-state index in [0.717, 1.165) is 6.07 Å². The van der Waals surface area contributed by atoms with E-state index in [1.165, 1.54) is 29.5 Å². The highest BCUT2D eigenvalue weighted by Crippen LogP contribution is 2.37. The Hall–Kier alpha value is -2.58. The normalized spacial score (nSPS) is 13.9. The van der Waals surface area contributed by atoms with Crippen LogP contribution in [-0.2, 0) is 19.1 Å². The number of halogens is 4. The van der Waals surface area contributed by atoms with E-state index in [-0.39, 0.29) is 24.3 Å². The summed E-state index contributed by atoms with van der Waals surface area (Å²) in [4.78, 5) is 3.78. The number of aliphatic hydroxyl groups excluding tert-OH is 1.